The van der Waals surface area contributed by atoms with E-state index in [-0.39, 0.29) is 6.42 Å². The lowest BCUT2D eigenvalue weighted by atomic mass is 10.1. The summed E-state index contributed by atoms with van der Waals surface area (Å²) in [7, 11) is 0. The van der Waals surface area contributed by atoms with Crippen LogP contribution in [0.15, 0.2) is 18.2 Å². The average molecular weight is 233 g/mol. The van der Waals surface area contributed by atoms with Gasteiger partial charge in [0.2, 0.25) is 0 Å². The van der Waals surface area contributed by atoms with Gasteiger partial charge in [0.25, 0.3) is 0 Å². The number of rotatable bonds is 3. The highest BCUT2D eigenvalue weighted by Gasteiger charge is 2.19. The number of carboxylic acids is 1. The fourth-order valence-electron chi connectivity index (χ4n) is 2.11. The van der Waals surface area contributed by atoms with Crippen molar-refractivity contribution in [2.75, 3.05) is 0 Å². The Bertz CT molecular complexity index is 574. The van der Waals surface area contributed by atoms with Gasteiger partial charge in [-0.1, -0.05) is 6.07 Å². The molecule has 2 aromatic rings. The third-order valence-corrected chi connectivity index (χ3v) is 2.80. The maximum atomic E-state index is 10.7. The van der Waals surface area contributed by atoms with Crippen molar-refractivity contribution in [3.05, 3.63) is 35.3 Å². The first-order chi connectivity index (χ1) is 8.00. The number of aromatic nitrogens is 2. The first-order valence-corrected chi connectivity index (χ1v) is 5.42. The molecule has 5 heteroatoms. The largest absolute Gasteiger partial charge is 0.481 e. The highest BCUT2D eigenvalue weighted by molar-refractivity contribution is 5.68. The molecule has 0 aliphatic heterocycles. The molecule has 0 saturated carbocycles. The molecule has 0 aliphatic carbocycles. The van der Waals surface area contributed by atoms with E-state index in [4.69, 9.17) is 10.8 Å². The van der Waals surface area contributed by atoms with Gasteiger partial charge in [0.15, 0.2) is 0 Å². The monoisotopic (exact) mass is 233 g/mol. The van der Waals surface area contributed by atoms with Crippen LogP contribution < -0.4 is 5.73 Å². The molecule has 0 saturated heterocycles. The Labute approximate surface area is 98.9 Å². The van der Waals surface area contributed by atoms with Crippen molar-refractivity contribution in [2.45, 2.75) is 26.3 Å². The normalized spacial score (nSPS) is 12.9. The standard InChI is InChI=1S/C12H15N3O2/c1-7-4-3-5-10-14-8(2)12(15(7)10)9(13)6-11(16)17/h3-5,9H,6,13H2,1-2H3,(H,16,17). The molecule has 5 nitrogen and oxygen atoms in total. The zero-order chi connectivity index (χ0) is 12.6. The summed E-state index contributed by atoms with van der Waals surface area (Å²) in [5.41, 5.74) is 9.30. The van der Waals surface area contributed by atoms with Crippen LogP contribution in [0.1, 0.15) is 29.5 Å². The van der Waals surface area contributed by atoms with Gasteiger partial charge in [0, 0.05) is 5.69 Å². The molecule has 0 radical (unpaired) electrons. The van der Waals surface area contributed by atoms with E-state index in [2.05, 4.69) is 4.98 Å². The van der Waals surface area contributed by atoms with Gasteiger partial charge >= 0.3 is 5.97 Å². The number of pyridine rings is 1. The van der Waals surface area contributed by atoms with Crippen LogP contribution in [0.4, 0.5) is 0 Å². The molecule has 2 rings (SSSR count). The van der Waals surface area contributed by atoms with E-state index >= 15 is 0 Å². The van der Waals surface area contributed by atoms with Gasteiger partial charge in [-0.25, -0.2) is 4.98 Å². The number of nitrogens with zero attached hydrogens (tertiary/aromatic N) is 2. The van der Waals surface area contributed by atoms with Gasteiger partial charge in [0.1, 0.15) is 5.65 Å². The van der Waals surface area contributed by atoms with Gasteiger partial charge in [-0.05, 0) is 26.0 Å². The van der Waals surface area contributed by atoms with Crippen LogP contribution in [0.3, 0.4) is 0 Å². The van der Waals surface area contributed by atoms with Crippen molar-refractivity contribution in [1.29, 1.82) is 0 Å². The molecule has 0 fully saturated rings. The van der Waals surface area contributed by atoms with E-state index in [1.165, 1.54) is 0 Å². The summed E-state index contributed by atoms with van der Waals surface area (Å²) in [6, 6.07) is 5.22. The van der Waals surface area contributed by atoms with Crippen molar-refractivity contribution >= 4 is 11.6 Å². The van der Waals surface area contributed by atoms with Crippen molar-refractivity contribution in [1.82, 2.24) is 9.38 Å². The summed E-state index contributed by atoms with van der Waals surface area (Å²) in [5, 5.41) is 8.81. The molecule has 0 spiro atoms. The Balaban J connectivity index is 2.59. The number of carboxylic acid groups (broad SMARTS) is 1. The SMILES string of the molecule is Cc1nc2cccc(C)n2c1C(N)CC(=O)O. The average Bonchev–Trinajstić information content (AvgIpc) is 2.54. The predicted octanol–water partition coefficient (Wildman–Crippen LogP) is 1.43. The molecule has 1 atom stereocenters. The molecule has 2 aromatic heterocycles. The number of imidazole rings is 1. The zero-order valence-electron chi connectivity index (χ0n) is 9.84. The van der Waals surface area contributed by atoms with Gasteiger partial charge < -0.3 is 10.8 Å². The predicted molar refractivity (Wildman–Crippen MR) is 63.8 cm³/mol. The van der Waals surface area contributed by atoms with Gasteiger partial charge in [-0.3, -0.25) is 9.20 Å². The first-order valence-electron chi connectivity index (χ1n) is 5.42. The number of aliphatic carboxylic acids is 1. The summed E-state index contributed by atoms with van der Waals surface area (Å²) >= 11 is 0. The Morgan fingerprint density at radius 1 is 1.53 bits per heavy atom. The lowest BCUT2D eigenvalue weighted by Gasteiger charge is -2.12. The molecule has 17 heavy (non-hydrogen) atoms. The number of nitrogens with two attached hydrogens (primary N) is 1. The van der Waals surface area contributed by atoms with Crippen molar-refractivity contribution < 1.29 is 9.90 Å². The highest BCUT2D eigenvalue weighted by atomic mass is 16.4. The van der Waals surface area contributed by atoms with Gasteiger partial charge in [-0.2, -0.15) is 0 Å². The molecule has 0 amide bonds. The van der Waals surface area contributed by atoms with E-state index in [1.807, 2.05) is 36.4 Å². The van der Waals surface area contributed by atoms with E-state index in [1.54, 1.807) is 0 Å². The molecule has 0 aliphatic rings. The van der Waals surface area contributed by atoms with Gasteiger partial charge in [-0.15, -0.1) is 0 Å². The van der Waals surface area contributed by atoms with Crippen LogP contribution in [0.25, 0.3) is 5.65 Å². The van der Waals surface area contributed by atoms with Crippen molar-refractivity contribution in [3.8, 4) is 0 Å². The number of aryl methyl sites for hydroxylation is 2. The maximum Gasteiger partial charge on any atom is 0.305 e. The van der Waals surface area contributed by atoms with Crippen molar-refractivity contribution in [2.24, 2.45) is 5.73 Å². The molecular formula is C12H15N3O2. The molecular weight excluding hydrogens is 218 g/mol. The highest BCUT2D eigenvalue weighted by Crippen LogP contribution is 2.21. The summed E-state index contributed by atoms with van der Waals surface area (Å²) in [6.07, 6.45) is -0.0943. The van der Waals surface area contributed by atoms with E-state index in [9.17, 15) is 4.79 Å². The fourth-order valence-corrected chi connectivity index (χ4v) is 2.11. The van der Waals surface area contributed by atoms with Crippen LogP contribution in [0.2, 0.25) is 0 Å². The smallest absolute Gasteiger partial charge is 0.305 e. The van der Waals surface area contributed by atoms with Crippen LogP contribution >= 0.6 is 0 Å². The minimum absolute atomic E-state index is 0.0943. The summed E-state index contributed by atoms with van der Waals surface area (Å²) in [4.78, 5) is 15.1. The first kappa shape index (κ1) is 11.6. The number of hydrogen-bond donors (Lipinski definition) is 2. The molecule has 3 N–H and O–H groups in total. The second-order valence-corrected chi connectivity index (χ2v) is 4.15. The summed E-state index contributed by atoms with van der Waals surface area (Å²) in [6.45, 7) is 3.80. The van der Waals surface area contributed by atoms with Crippen LogP contribution in [0, 0.1) is 13.8 Å². The second-order valence-electron chi connectivity index (χ2n) is 4.15. The maximum absolute atomic E-state index is 10.7. The number of hydrogen-bond acceptors (Lipinski definition) is 3. The van der Waals surface area contributed by atoms with Crippen molar-refractivity contribution in [3.63, 3.8) is 0 Å². The summed E-state index contributed by atoms with van der Waals surface area (Å²) < 4.78 is 1.92. The third-order valence-electron chi connectivity index (χ3n) is 2.80. The van der Waals surface area contributed by atoms with E-state index in [0.29, 0.717) is 0 Å². The molecule has 0 aromatic carbocycles. The Hall–Kier alpha value is -1.88. The Morgan fingerprint density at radius 3 is 2.88 bits per heavy atom. The second kappa shape index (κ2) is 4.18. The Kier molecular flexibility index (Phi) is 2.85. The minimum Gasteiger partial charge on any atom is -0.481 e. The number of carbonyl (C=O) groups is 1. The lowest BCUT2D eigenvalue weighted by Crippen LogP contribution is -2.18. The molecule has 0 bridgehead atoms. The van der Waals surface area contributed by atoms with E-state index in [0.717, 1.165) is 22.7 Å². The molecule has 2 heterocycles. The lowest BCUT2D eigenvalue weighted by molar-refractivity contribution is -0.137. The molecule has 90 valence electrons. The third kappa shape index (κ3) is 2.01. The van der Waals surface area contributed by atoms with E-state index < -0.39 is 12.0 Å². The number of fused-ring (bicyclic) bond motifs is 1. The van der Waals surface area contributed by atoms with Crippen LogP contribution in [0.5, 0.6) is 0 Å². The summed E-state index contributed by atoms with van der Waals surface area (Å²) in [5.74, 6) is -0.902. The topological polar surface area (TPSA) is 80.6 Å². The fraction of sp³-hybridized carbons (Fsp3) is 0.333. The van der Waals surface area contributed by atoms with Gasteiger partial charge in [0.05, 0.1) is 23.9 Å². The van der Waals surface area contributed by atoms with Crippen LogP contribution in [-0.4, -0.2) is 20.5 Å². The quantitative estimate of drug-likeness (QED) is 0.840. The zero-order valence-corrected chi connectivity index (χ0v) is 9.84. The molecule has 1 unspecified atom stereocenters. The Morgan fingerprint density at radius 2 is 2.24 bits per heavy atom. The minimum atomic E-state index is -0.902. The van der Waals surface area contributed by atoms with Crippen LogP contribution in [-0.2, 0) is 4.79 Å².